The second-order valence-corrected chi connectivity index (χ2v) is 3.39. The molecule has 0 spiro atoms. The molecule has 2 N–H and O–H groups in total. The van der Waals surface area contributed by atoms with Crippen molar-refractivity contribution in [2.24, 2.45) is 0 Å². The zero-order valence-corrected chi connectivity index (χ0v) is 7.58. The summed E-state index contributed by atoms with van der Waals surface area (Å²) in [4.78, 5) is 5.45. The van der Waals surface area contributed by atoms with Gasteiger partial charge in [-0.1, -0.05) is 0 Å². The van der Waals surface area contributed by atoms with Gasteiger partial charge in [0, 0.05) is 19.2 Å². The molecule has 1 aromatic heterocycles. The number of nitrogens with zero attached hydrogens (tertiary/aromatic N) is 2. The fourth-order valence-corrected chi connectivity index (χ4v) is 1.56. The molecule has 0 unspecified atom stereocenters. The average molecular weight is 199 g/mol. The Hall–Kier alpha value is -1.39. The van der Waals surface area contributed by atoms with Gasteiger partial charge in [0.25, 0.3) is 0 Å². The van der Waals surface area contributed by atoms with Gasteiger partial charge in [0.05, 0.1) is 11.9 Å². The van der Waals surface area contributed by atoms with E-state index in [1.165, 1.54) is 12.3 Å². The van der Waals surface area contributed by atoms with Gasteiger partial charge in [0.1, 0.15) is 6.17 Å². The maximum Gasteiger partial charge on any atom is 0.167 e. The van der Waals surface area contributed by atoms with E-state index < -0.39 is 12.0 Å². The Morgan fingerprint density at radius 1 is 1.57 bits per heavy atom. The number of halogens is 2. The summed E-state index contributed by atoms with van der Waals surface area (Å²) in [6.07, 6.45) is 1.14. The van der Waals surface area contributed by atoms with Crippen molar-refractivity contribution in [1.29, 1.82) is 0 Å². The highest BCUT2D eigenvalue weighted by molar-refractivity contribution is 5.49. The van der Waals surface area contributed by atoms with Crippen molar-refractivity contribution in [3.05, 3.63) is 18.1 Å². The predicted octanol–water partition coefficient (Wildman–Crippen LogP) is 1.35. The summed E-state index contributed by atoms with van der Waals surface area (Å²) < 4.78 is 25.9. The summed E-state index contributed by atoms with van der Waals surface area (Å²) in [5.74, 6) is -0.672. The predicted molar refractivity (Wildman–Crippen MR) is 50.3 cm³/mol. The summed E-state index contributed by atoms with van der Waals surface area (Å²) in [6, 6.07) is 1.29. The van der Waals surface area contributed by atoms with Crippen LogP contribution in [-0.2, 0) is 0 Å². The lowest BCUT2D eigenvalue weighted by atomic mass is 10.3. The van der Waals surface area contributed by atoms with Crippen LogP contribution in [0.25, 0.3) is 0 Å². The number of anilines is 2. The molecule has 5 heteroatoms. The highest BCUT2D eigenvalue weighted by Gasteiger charge is 2.22. The van der Waals surface area contributed by atoms with Gasteiger partial charge >= 0.3 is 0 Å². The van der Waals surface area contributed by atoms with Crippen molar-refractivity contribution in [2.75, 3.05) is 23.7 Å². The lowest BCUT2D eigenvalue weighted by Gasteiger charge is -2.16. The maximum atomic E-state index is 13.0. The third-order valence-corrected chi connectivity index (χ3v) is 2.35. The van der Waals surface area contributed by atoms with Gasteiger partial charge in [-0.25, -0.2) is 13.8 Å². The lowest BCUT2D eigenvalue weighted by molar-refractivity contribution is 0.364. The van der Waals surface area contributed by atoms with Gasteiger partial charge in [0.15, 0.2) is 11.6 Å². The van der Waals surface area contributed by atoms with Crippen molar-refractivity contribution in [2.45, 2.75) is 12.6 Å². The zero-order chi connectivity index (χ0) is 10.1. The first-order chi connectivity index (χ1) is 6.66. The molecular formula is C9H11F2N3. The van der Waals surface area contributed by atoms with Crippen LogP contribution < -0.4 is 10.6 Å². The van der Waals surface area contributed by atoms with Crippen LogP contribution in [0.1, 0.15) is 6.42 Å². The molecule has 1 aliphatic rings. The van der Waals surface area contributed by atoms with Crippen LogP contribution in [0.5, 0.6) is 0 Å². The van der Waals surface area contributed by atoms with E-state index in [-0.39, 0.29) is 5.82 Å². The summed E-state index contributed by atoms with van der Waals surface area (Å²) in [7, 11) is 0. The van der Waals surface area contributed by atoms with Crippen LogP contribution in [-0.4, -0.2) is 24.2 Å². The number of nitrogen functional groups attached to an aromatic ring is 1. The van der Waals surface area contributed by atoms with Gasteiger partial charge in [0.2, 0.25) is 0 Å². The molecule has 0 radical (unpaired) electrons. The Morgan fingerprint density at radius 2 is 2.36 bits per heavy atom. The van der Waals surface area contributed by atoms with Crippen molar-refractivity contribution >= 4 is 11.5 Å². The summed E-state index contributed by atoms with van der Waals surface area (Å²) in [5, 5.41) is 0. The number of hydrogen-bond acceptors (Lipinski definition) is 3. The van der Waals surface area contributed by atoms with E-state index in [9.17, 15) is 8.78 Å². The van der Waals surface area contributed by atoms with Crippen LogP contribution in [0.15, 0.2) is 12.3 Å². The highest BCUT2D eigenvalue weighted by atomic mass is 19.1. The van der Waals surface area contributed by atoms with Crippen LogP contribution in [0, 0.1) is 5.82 Å². The minimum Gasteiger partial charge on any atom is -0.381 e. The van der Waals surface area contributed by atoms with E-state index in [0.717, 1.165) is 0 Å². The summed E-state index contributed by atoms with van der Waals surface area (Å²) in [6.45, 7) is 0.914. The van der Waals surface area contributed by atoms with Crippen LogP contribution in [0.2, 0.25) is 0 Å². The molecule has 0 aliphatic carbocycles. The lowest BCUT2D eigenvalue weighted by Crippen LogP contribution is -2.20. The third-order valence-electron chi connectivity index (χ3n) is 2.35. The molecule has 1 aromatic rings. The first-order valence-electron chi connectivity index (χ1n) is 4.47. The second kappa shape index (κ2) is 3.40. The second-order valence-electron chi connectivity index (χ2n) is 3.39. The summed E-state index contributed by atoms with van der Waals surface area (Å²) in [5.41, 5.74) is 5.83. The van der Waals surface area contributed by atoms with Crippen molar-refractivity contribution in [1.82, 2.24) is 4.98 Å². The molecule has 0 saturated carbocycles. The van der Waals surface area contributed by atoms with Crippen LogP contribution in [0.3, 0.4) is 0 Å². The minimum absolute atomic E-state index is 0.121. The average Bonchev–Trinajstić information content (AvgIpc) is 2.57. The van der Waals surface area contributed by atoms with E-state index in [2.05, 4.69) is 4.98 Å². The third kappa shape index (κ3) is 1.62. The normalized spacial score (nSPS) is 21.6. The molecule has 1 fully saturated rings. The monoisotopic (exact) mass is 199 g/mol. The Labute approximate surface area is 80.5 Å². The zero-order valence-electron chi connectivity index (χ0n) is 7.58. The fourth-order valence-electron chi connectivity index (χ4n) is 1.56. The van der Waals surface area contributed by atoms with E-state index >= 15 is 0 Å². The standard InChI is InChI=1S/C9H11F2N3/c10-6-1-2-14(5-6)7-3-8(11)9(12)13-4-7/h3-4,6H,1-2,5H2,(H2,12,13)/t6-/m1/s1. The molecule has 3 nitrogen and oxygen atoms in total. The van der Waals surface area contributed by atoms with Gasteiger partial charge in [-0.3, -0.25) is 0 Å². The molecule has 0 aromatic carbocycles. The topological polar surface area (TPSA) is 42.1 Å². The number of pyridine rings is 1. The number of nitrogens with two attached hydrogens (primary N) is 1. The first kappa shape index (κ1) is 9.18. The van der Waals surface area contributed by atoms with Crippen LogP contribution in [0.4, 0.5) is 20.3 Å². The van der Waals surface area contributed by atoms with Gasteiger partial charge in [-0.2, -0.15) is 0 Å². The fraction of sp³-hybridized carbons (Fsp3) is 0.444. The summed E-state index contributed by atoms with van der Waals surface area (Å²) >= 11 is 0. The molecule has 1 saturated heterocycles. The van der Waals surface area contributed by atoms with E-state index in [0.29, 0.717) is 25.2 Å². The van der Waals surface area contributed by atoms with Crippen molar-refractivity contribution in [3.63, 3.8) is 0 Å². The molecule has 76 valence electrons. The quantitative estimate of drug-likeness (QED) is 0.742. The Bertz CT molecular complexity index is 343. The minimum atomic E-state index is -0.824. The molecule has 0 bridgehead atoms. The van der Waals surface area contributed by atoms with Crippen LogP contribution >= 0.6 is 0 Å². The maximum absolute atomic E-state index is 13.0. The van der Waals surface area contributed by atoms with E-state index in [1.54, 1.807) is 4.90 Å². The number of rotatable bonds is 1. The van der Waals surface area contributed by atoms with Crippen molar-refractivity contribution < 1.29 is 8.78 Å². The number of alkyl halides is 1. The Balaban J connectivity index is 2.20. The SMILES string of the molecule is Nc1ncc(N2CC[C@@H](F)C2)cc1F. The highest BCUT2D eigenvalue weighted by Crippen LogP contribution is 2.22. The molecular weight excluding hydrogens is 188 g/mol. The van der Waals surface area contributed by atoms with Gasteiger partial charge in [-0.05, 0) is 6.42 Å². The first-order valence-corrected chi connectivity index (χ1v) is 4.47. The van der Waals surface area contributed by atoms with Gasteiger partial charge < -0.3 is 10.6 Å². The smallest absolute Gasteiger partial charge is 0.167 e. The Kier molecular flexibility index (Phi) is 2.23. The molecule has 2 heterocycles. The number of hydrogen-bond donors (Lipinski definition) is 1. The largest absolute Gasteiger partial charge is 0.381 e. The molecule has 2 rings (SSSR count). The van der Waals surface area contributed by atoms with E-state index in [1.807, 2.05) is 0 Å². The number of aromatic nitrogens is 1. The van der Waals surface area contributed by atoms with Crippen molar-refractivity contribution in [3.8, 4) is 0 Å². The van der Waals surface area contributed by atoms with Gasteiger partial charge in [-0.15, -0.1) is 0 Å². The molecule has 14 heavy (non-hydrogen) atoms. The molecule has 1 aliphatic heterocycles. The molecule has 0 amide bonds. The van der Waals surface area contributed by atoms with E-state index in [4.69, 9.17) is 5.73 Å². The Morgan fingerprint density at radius 3 is 2.93 bits per heavy atom. The molecule has 1 atom stereocenters.